The van der Waals surface area contributed by atoms with Gasteiger partial charge < -0.3 is 10.6 Å². The maximum atomic E-state index is 11.4. The average Bonchev–Trinajstić information content (AvgIpc) is 2.38. The van der Waals surface area contributed by atoms with Crippen molar-refractivity contribution in [2.24, 2.45) is 0 Å². The molecule has 0 aromatic heterocycles. The molecule has 2 N–H and O–H groups in total. The molecule has 0 bridgehead atoms. The molecule has 4 nitrogen and oxygen atoms in total. The fraction of sp³-hybridized carbons (Fsp3) is 0.385. The van der Waals surface area contributed by atoms with E-state index in [-0.39, 0.29) is 11.8 Å². The molecule has 1 aromatic rings. The lowest BCUT2D eigenvalue weighted by Gasteiger charge is -2.05. The molecule has 4 heteroatoms. The molecule has 0 unspecified atom stereocenters. The SMILES string of the molecule is CC.CNC(=O)c1cc(C)cc(C(=O)NC)c1. The van der Waals surface area contributed by atoms with Crippen LogP contribution in [0.3, 0.4) is 0 Å². The summed E-state index contributed by atoms with van der Waals surface area (Å²) in [6, 6.07) is 5.06. The minimum Gasteiger partial charge on any atom is -0.355 e. The molecule has 0 aliphatic carbocycles. The summed E-state index contributed by atoms with van der Waals surface area (Å²) >= 11 is 0. The van der Waals surface area contributed by atoms with Gasteiger partial charge in [-0.25, -0.2) is 0 Å². The van der Waals surface area contributed by atoms with E-state index in [1.54, 1.807) is 32.3 Å². The Morgan fingerprint density at radius 1 is 0.882 bits per heavy atom. The summed E-state index contributed by atoms with van der Waals surface area (Å²) in [5, 5.41) is 5.04. The predicted molar refractivity (Wildman–Crippen MR) is 69.3 cm³/mol. The van der Waals surface area contributed by atoms with Gasteiger partial charge in [0.05, 0.1) is 0 Å². The van der Waals surface area contributed by atoms with Crippen molar-refractivity contribution in [1.82, 2.24) is 10.6 Å². The number of hydrogen-bond donors (Lipinski definition) is 2. The van der Waals surface area contributed by atoms with Crippen molar-refractivity contribution in [2.75, 3.05) is 14.1 Å². The molecule has 0 spiro atoms. The number of aryl methyl sites for hydroxylation is 1. The van der Waals surface area contributed by atoms with E-state index in [4.69, 9.17) is 0 Å². The smallest absolute Gasteiger partial charge is 0.251 e. The van der Waals surface area contributed by atoms with Crippen LogP contribution in [0.25, 0.3) is 0 Å². The maximum absolute atomic E-state index is 11.4. The van der Waals surface area contributed by atoms with E-state index in [2.05, 4.69) is 10.6 Å². The lowest BCUT2D eigenvalue weighted by Crippen LogP contribution is -2.21. The number of carbonyl (C=O) groups is 2. The standard InChI is InChI=1S/C11H14N2O2.C2H6/c1-7-4-8(10(14)12-2)6-9(5-7)11(15)13-3;1-2/h4-6H,1-3H3,(H,12,14)(H,13,15);1-2H3. The van der Waals surface area contributed by atoms with Crippen molar-refractivity contribution in [3.63, 3.8) is 0 Å². The van der Waals surface area contributed by atoms with Crippen molar-refractivity contribution in [3.05, 3.63) is 34.9 Å². The van der Waals surface area contributed by atoms with Gasteiger partial charge in [0.2, 0.25) is 0 Å². The molecule has 0 heterocycles. The zero-order valence-corrected chi connectivity index (χ0v) is 11.0. The molecule has 94 valence electrons. The summed E-state index contributed by atoms with van der Waals surface area (Å²) in [5.41, 5.74) is 1.88. The van der Waals surface area contributed by atoms with Gasteiger partial charge in [-0.1, -0.05) is 13.8 Å². The molecule has 0 fully saturated rings. The number of carbonyl (C=O) groups excluding carboxylic acids is 2. The molecule has 2 amide bonds. The van der Waals surface area contributed by atoms with E-state index in [9.17, 15) is 9.59 Å². The highest BCUT2D eigenvalue weighted by atomic mass is 16.2. The molecule has 1 aromatic carbocycles. The zero-order chi connectivity index (χ0) is 13.4. The maximum Gasteiger partial charge on any atom is 0.251 e. The summed E-state index contributed by atoms with van der Waals surface area (Å²) < 4.78 is 0. The van der Waals surface area contributed by atoms with Crippen molar-refractivity contribution in [1.29, 1.82) is 0 Å². The summed E-state index contributed by atoms with van der Waals surface area (Å²) in [7, 11) is 3.12. The minimum atomic E-state index is -0.191. The van der Waals surface area contributed by atoms with Crippen LogP contribution in [0, 0.1) is 6.92 Å². The van der Waals surface area contributed by atoms with Crippen LogP contribution in [-0.4, -0.2) is 25.9 Å². The van der Waals surface area contributed by atoms with Crippen LogP contribution in [0.5, 0.6) is 0 Å². The Morgan fingerprint density at radius 3 is 1.53 bits per heavy atom. The topological polar surface area (TPSA) is 58.2 Å². The third-order valence-corrected chi connectivity index (χ3v) is 2.06. The third-order valence-electron chi connectivity index (χ3n) is 2.06. The molecule has 0 saturated heterocycles. The van der Waals surface area contributed by atoms with E-state index in [1.165, 1.54) is 0 Å². The van der Waals surface area contributed by atoms with Crippen LogP contribution in [0.2, 0.25) is 0 Å². The second-order valence-corrected chi connectivity index (χ2v) is 3.25. The molecular formula is C13H20N2O2. The highest BCUT2D eigenvalue weighted by molar-refractivity contribution is 5.99. The first-order valence-corrected chi connectivity index (χ1v) is 5.64. The lowest BCUT2D eigenvalue weighted by atomic mass is 10.1. The van der Waals surface area contributed by atoms with Gasteiger partial charge >= 0.3 is 0 Å². The Hall–Kier alpha value is -1.84. The number of rotatable bonds is 2. The molecule has 0 saturated carbocycles. The lowest BCUT2D eigenvalue weighted by molar-refractivity contribution is 0.0962. The first-order valence-electron chi connectivity index (χ1n) is 5.64. The van der Waals surface area contributed by atoms with Crippen molar-refractivity contribution in [3.8, 4) is 0 Å². The Labute approximate surface area is 102 Å². The largest absolute Gasteiger partial charge is 0.355 e. The second kappa shape index (κ2) is 7.44. The second-order valence-electron chi connectivity index (χ2n) is 3.25. The van der Waals surface area contributed by atoms with Gasteiger partial charge in [0.25, 0.3) is 11.8 Å². The Kier molecular flexibility index (Phi) is 6.63. The van der Waals surface area contributed by atoms with E-state index >= 15 is 0 Å². The Balaban J connectivity index is 0.00000121. The molecule has 0 radical (unpaired) electrons. The van der Waals surface area contributed by atoms with Crippen LogP contribution in [0.1, 0.15) is 40.1 Å². The number of amides is 2. The van der Waals surface area contributed by atoms with Crippen molar-refractivity contribution in [2.45, 2.75) is 20.8 Å². The molecule has 17 heavy (non-hydrogen) atoms. The Bertz CT molecular complexity index is 366. The van der Waals surface area contributed by atoms with Gasteiger partial charge in [0, 0.05) is 25.2 Å². The van der Waals surface area contributed by atoms with Crippen molar-refractivity contribution >= 4 is 11.8 Å². The predicted octanol–water partition coefficient (Wildman–Crippen LogP) is 1.74. The number of nitrogens with one attached hydrogen (secondary N) is 2. The normalized spacial score (nSPS) is 8.76. The zero-order valence-electron chi connectivity index (χ0n) is 11.0. The molecule has 0 aliphatic heterocycles. The Morgan fingerprint density at radius 2 is 1.24 bits per heavy atom. The van der Waals surface area contributed by atoms with Crippen LogP contribution >= 0.6 is 0 Å². The molecular weight excluding hydrogens is 216 g/mol. The van der Waals surface area contributed by atoms with Gasteiger partial charge in [-0.15, -0.1) is 0 Å². The third kappa shape index (κ3) is 4.26. The van der Waals surface area contributed by atoms with Crippen LogP contribution in [0.15, 0.2) is 18.2 Å². The summed E-state index contributed by atoms with van der Waals surface area (Å²) in [5.74, 6) is -0.382. The quantitative estimate of drug-likeness (QED) is 0.821. The monoisotopic (exact) mass is 236 g/mol. The summed E-state index contributed by atoms with van der Waals surface area (Å²) in [4.78, 5) is 22.8. The van der Waals surface area contributed by atoms with Gasteiger partial charge in [0.1, 0.15) is 0 Å². The first kappa shape index (κ1) is 15.2. The average molecular weight is 236 g/mol. The molecule has 1 rings (SSSR count). The van der Waals surface area contributed by atoms with Crippen LogP contribution in [0.4, 0.5) is 0 Å². The molecule has 0 atom stereocenters. The van der Waals surface area contributed by atoms with E-state index < -0.39 is 0 Å². The fourth-order valence-electron chi connectivity index (χ4n) is 1.33. The van der Waals surface area contributed by atoms with Crippen molar-refractivity contribution < 1.29 is 9.59 Å². The fourth-order valence-corrected chi connectivity index (χ4v) is 1.33. The minimum absolute atomic E-state index is 0.191. The number of benzene rings is 1. The number of hydrogen-bond acceptors (Lipinski definition) is 2. The highest BCUT2D eigenvalue weighted by Gasteiger charge is 2.09. The van der Waals surface area contributed by atoms with Gasteiger partial charge in [0.15, 0.2) is 0 Å². The van der Waals surface area contributed by atoms with E-state index in [0.29, 0.717) is 11.1 Å². The molecule has 0 aliphatic rings. The van der Waals surface area contributed by atoms with Crippen LogP contribution in [-0.2, 0) is 0 Å². The highest BCUT2D eigenvalue weighted by Crippen LogP contribution is 2.09. The van der Waals surface area contributed by atoms with Gasteiger partial charge in [-0.3, -0.25) is 9.59 Å². The summed E-state index contributed by atoms with van der Waals surface area (Å²) in [6.07, 6.45) is 0. The van der Waals surface area contributed by atoms with Gasteiger partial charge in [-0.05, 0) is 30.7 Å². The first-order chi connectivity index (χ1) is 8.08. The van der Waals surface area contributed by atoms with Crippen LogP contribution < -0.4 is 10.6 Å². The van der Waals surface area contributed by atoms with E-state index in [0.717, 1.165) is 5.56 Å². The van der Waals surface area contributed by atoms with E-state index in [1.807, 2.05) is 20.8 Å². The summed E-state index contributed by atoms with van der Waals surface area (Å²) in [6.45, 7) is 5.85. The van der Waals surface area contributed by atoms with Gasteiger partial charge in [-0.2, -0.15) is 0 Å².